The van der Waals surface area contributed by atoms with Crippen molar-refractivity contribution in [2.75, 3.05) is 13.1 Å². The van der Waals surface area contributed by atoms with Crippen LogP contribution in [0, 0.1) is 5.92 Å². The van der Waals surface area contributed by atoms with Crippen LogP contribution in [-0.4, -0.2) is 44.5 Å². The van der Waals surface area contributed by atoms with Crippen LogP contribution in [0.2, 0.25) is 0 Å². The number of hydrogen-bond acceptors (Lipinski definition) is 4. The molecule has 1 aliphatic rings. The summed E-state index contributed by atoms with van der Waals surface area (Å²) in [4.78, 5) is 29.6. The molecule has 132 valence electrons. The van der Waals surface area contributed by atoms with E-state index in [9.17, 15) is 9.59 Å². The summed E-state index contributed by atoms with van der Waals surface area (Å²) in [6.45, 7) is 1.01. The van der Waals surface area contributed by atoms with E-state index < -0.39 is 5.97 Å². The first-order valence-corrected chi connectivity index (χ1v) is 9.24. The lowest BCUT2D eigenvalue weighted by molar-refractivity contribution is -0.143. The Morgan fingerprint density at radius 2 is 1.92 bits per heavy atom. The molecule has 1 saturated heterocycles. The molecule has 1 aliphatic heterocycles. The molecule has 1 fully saturated rings. The molecule has 1 aromatic heterocycles. The van der Waals surface area contributed by atoms with Crippen LogP contribution in [0.1, 0.15) is 28.8 Å². The van der Waals surface area contributed by atoms with E-state index in [0.29, 0.717) is 31.5 Å². The number of piperidine rings is 1. The average molecular weight is 359 g/mol. The van der Waals surface area contributed by atoms with Crippen molar-refractivity contribution in [2.24, 2.45) is 13.0 Å². The summed E-state index contributed by atoms with van der Waals surface area (Å²) in [6, 6.07) is 7.63. The molecule has 7 heteroatoms. The maximum absolute atomic E-state index is 12.5. The Hall–Kier alpha value is -2.28. The molecule has 2 heterocycles. The van der Waals surface area contributed by atoms with Gasteiger partial charge >= 0.3 is 5.97 Å². The summed E-state index contributed by atoms with van der Waals surface area (Å²) in [7, 11) is 1.96. The van der Waals surface area contributed by atoms with E-state index in [1.807, 2.05) is 42.1 Å². The van der Waals surface area contributed by atoms with Crippen molar-refractivity contribution < 1.29 is 14.7 Å². The Morgan fingerprint density at radius 3 is 2.48 bits per heavy atom. The summed E-state index contributed by atoms with van der Waals surface area (Å²) in [5, 5.41) is 10.00. The smallest absolute Gasteiger partial charge is 0.306 e. The first-order chi connectivity index (χ1) is 12.0. The fourth-order valence-electron chi connectivity index (χ4n) is 2.89. The van der Waals surface area contributed by atoms with Crippen LogP contribution in [0.5, 0.6) is 0 Å². The zero-order valence-corrected chi connectivity index (χ0v) is 14.9. The number of carbonyl (C=O) groups excluding carboxylic acids is 1. The lowest BCUT2D eigenvalue weighted by Crippen LogP contribution is -2.40. The monoisotopic (exact) mass is 359 g/mol. The van der Waals surface area contributed by atoms with Gasteiger partial charge in [0.15, 0.2) is 5.16 Å². The fraction of sp³-hybridized carbons (Fsp3) is 0.389. The van der Waals surface area contributed by atoms with Crippen LogP contribution >= 0.6 is 11.8 Å². The molecule has 0 aliphatic carbocycles. The van der Waals surface area contributed by atoms with Crippen molar-refractivity contribution in [3.8, 4) is 0 Å². The third kappa shape index (κ3) is 4.22. The summed E-state index contributed by atoms with van der Waals surface area (Å²) in [5.74, 6) is -0.313. The molecule has 25 heavy (non-hydrogen) atoms. The number of carbonyl (C=O) groups is 2. The fourth-order valence-corrected chi connectivity index (χ4v) is 3.78. The van der Waals surface area contributed by atoms with E-state index in [2.05, 4.69) is 4.98 Å². The molecule has 3 rings (SSSR count). The average Bonchev–Trinajstić information content (AvgIpc) is 3.05. The third-order valence-electron chi connectivity index (χ3n) is 4.48. The molecule has 0 radical (unpaired) electrons. The number of nitrogens with zero attached hydrogens (tertiary/aromatic N) is 3. The molecule has 0 unspecified atom stereocenters. The quantitative estimate of drug-likeness (QED) is 0.831. The second kappa shape index (κ2) is 7.74. The zero-order valence-electron chi connectivity index (χ0n) is 14.1. The largest absolute Gasteiger partial charge is 0.481 e. The van der Waals surface area contributed by atoms with Gasteiger partial charge in [0.1, 0.15) is 0 Å². The van der Waals surface area contributed by atoms with Gasteiger partial charge in [0.25, 0.3) is 5.91 Å². The maximum atomic E-state index is 12.5. The minimum atomic E-state index is -0.762. The van der Waals surface area contributed by atoms with Crippen LogP contribution < -0.4 is 0 Å². The van der Waals surface area contributed by atoms with Crippen LogP contribution in [0.25, 0.3) is 0 Å². The van der Waals surface area contributed by atoms with Crippen LogP contribution in [-0.2, 0) is 17.6 Å². The molecule has 0 spiro atoms. The highest BCUT2D eigenvalue weighted by molar-refractivity contribution is 7.98. The Bertz CT molecular complexity index is 749. The molecular formula is C18H21N3O3S. The molecule has 1 N–H and O–H groups in total. The SMILES string of the molecule is Cn1ccnc1SCc1ccc(C(=O)N2CCC(C(=O)O)CC2)cc1. The van der Waals surface area contributed by atoms with Gasteiger partial charge in [0.2, 0.25) is 0 Å². The Morgan fingerprint density at radius 1 is 1.24 bits per heavy atom. The first-order valence-electron chi connectivity index (χ1n) is 8.25. The Balaban J connectivity index is 1.56. The van der Waals surface area contributed by atoms with Crippen molar-refractivity contribution in [3.05, 3.63) is 47.8 Å². The summed E-state index contributed by atoms with van der Waals surface area (Å²) < 4.78 is 1.98. The van der Waals surface area contributed by atoms with Gasteiger partial charge < -0.3 is 14.6 Å². The topological polar surface area (TPSA) is 75.4 Å². The summed E-state index contributed by atoms with van der Waals surface area (Å²) in [6.07, 6.45) is 4.74. The maximum Gasteiger partial charge on any atom is 0.306 e. The van der Waals surface area contributed by atoms with E-state index in [-0.39, 0.29) is 11.8 Å². The highest BCUT2D eigenvalue weighted by Gasteiger charge is 2.27. The van der Waals surface area contributed by atoms with Gasteiger partial charge in [-0.2, -0.15) is 0 Å². The number of aliphatic carboxylic acids is 1. The number of thioether (sulfide) groups is 1. The number of likely N-dealkylation sites (tertiary alicyclic amines) is 1. The number of amides is 1. The van der Waals surface area contributed by atoms with Gasteiger partial charge in [-0.3, -0.25) is 9.59 Å². The van der Waals surface area contributed by atoms with Gasteiger partial charge in [0, 0.05) is 43.8 Å². The summed E-state index contributed by atoms with van der Waals surface area (Å²) in [5.41, 5.74) is 1.79. The molecule has 1 amide bonds. The third-order valence-corrected chi connectivity index (χ3v) is 5.61. The predicted molar refractivity (Wildman–Crippen MR) is 95.5 cm³/mol. The molecule has 2 aromatic rings. The van der Waals surface area contributed by atoms with Crippen LogP contribution in [0.4, 0.5) is 0 Å². The standard InChI is InChI=1S/C18H21N3O3S/c1-20-11-8-19-18(20)25-12-13-2-4-14(5-3-13)16(22)21-9-6-15(7-10-21)17(23)24/h2-5,8,11,15H,6-7,9-10,12H2,1H3,(H,23,24). The number of benzene rings is 1. The van der Waals surface area contributed by atoms with Crippen molar-refractivity contribution in [2.45, 2.75) is 23.8 Å². The van der Waals surface area contributed by atoms with E-state index in [4.69, 9.17) is 5.11 Å². The highest BCUT2D eigenvalue weighted by atomic mass is 32.2. The van der Waals surface area contributed by atoms with Gasteiger partial charge in [-0.05, 0) is 30.5 Å². The number of imidazole rings is 1. The van der Waals surface area contributed by atoms with Gasteiger partial charge in [-0.25, -0.2) is 4.98 Å². The van der Waals surface area contributed by atoms with Crippen molar-refractivity contribution in [1.29, 1.82) is 0 Å². The first kappa shape index (κ1) is 17.5. The lowest BCUT2D eigenvalue weighted by Gasteiger charge is -2.30. The Kier molecular flexibility index (Phi) is 5.43. The second-order valence-corrected chi connectivity index (χ2v) is 7.15. The van der Waals surface area contributed by atoms with Gasteiger partial charge in [-0.1, -0.05) is 23.9 Å². The molecule has 0 saturated carbocycles. The van der Waals surface area contributed by atoms with E-state index in [1.165, 1.54) is 0 Å². The minimum Gasteiger partial charge on any atom is -0.481 e. The van der Waals surface area contributed by atoms with Crippen LogP contribution in [0.3, 0.4) is 0 Å². The van der Waals surface area contributed by atoms with E-state index in [1.54, 1.807) is 22.9 Å². The molecule has 1 aromatic carbocycles. The number of hydrogen-bond donors (Lipinski definition) is 1. The molecule has 0 bridgehead atoms. The predicted octanol–water partition coefficient (Wildman–Crippen LogP) is 2.65. The molecular weight excluding hydrogens is 338 g/mol. The Labute approximate surface area is 150 Å². The van der Waals surface area contributed by atoms with Crippen molar-refractivity contribution in [1.82, 2.24) is 14.5 Å². The van der Waals surface area contributed by atoms with Gasteiger partial charge in [-0.15, -0.1) is 0 Å². The summed E-state index contributed by atoms with van der Waals surface area (Å²) >= 11 is 1.65. The normalized spacial score (nSPS) is 15.3. The minimum absolute atomic E-state index is 0.0212. The van der Waals surface area contributed by atoms with Crippen molar-refractivity contribution >= 4 is 23.6 Å². The number of aromatic nitrogens is 2. The zero-order chi connectivity index (χ0) is 17.8. The number of carboxylic acids is 1. The number of aryl methyl sites for hydroxylation is 1. The van der Waals surface area contributed by atoms with Crippen LogP contribution in [0.15, 0.2) is 41.8 Å². The van der Waals surface area contributed by atoms with Gasteiger partial charge in [0.05, 0.1) is 5.92 Å². The van der Waals surface area contributed by atoms with E-state index in [0.717, 1.165) is 16.5 Å². The second-order valence-electron chi connectivity index (χ2n) is 6.21. The van der Waals surface area contributed by atoms with Crippen molar-refractivity contribution in [3.63, 3.8) is 0 Å². The molecule has 6 nitrogen and oxygen atoms in total. The van der Waals surface area contributed by atoms with E-state index >= 15 is 0 Å². The number of carboxylic acid groups (broad SMARTS) is 1. The number of rotatable bonds is 5. The lowest BCUT2D eigenvalue weighted by atomic mass is 9.96. The highest BCUT2D eigenvalue weighted by Crippen LogP contribution is 2.22. The molecule has 0 atom stereocenters.